The van der Waals surface area contributed by atoms with Gasteiger partial charge < -0.3 is 15.0 Å². The minimum Gasteiger partial charge on any atom is -0.381 e. The van der Waals surface area contributed by atoms with Gasteiger partial charge in [0.25, 0.3) is 0 Å². The molecule has 0 spiro atoms. The van der Waals surface area contributed by atoms with Crippen LogP contribution in [0.5, 0.6) is 0 Å². The molecule has 2 rings (SSSR count). The van der Waals surface area contributed by atoms with Crippen molar-refractivity contribution in [3.8, 4) is 0 Å². The highest BCUT2D eigenvalue weighted by atomic mass is 16.5. The molecule has 2 atom stereocenters. The zero-order valence-electron chi connectivity index (χ0n) is 8.46. The van der Waals surface area contributed by atoms with E-state index in [2.05, 4.69) is 17.1 Å². The van der Waals surface area contributed by atoms with Gasteiger partial charge in [0.1, 0.15) is 0 Å². The molecule has 2 saturated heterocycles. The van der Waals surface area contributed by atoms with Gasteiger partial charge in [-0.25, -0.2) is 0 Å². The molecule has 0 aromatic heterocycles. The first-order valence-corrected chi connectivity index (χ1v) is 5.38. The number of hydrogen-bond acceptors (Lipinski definition) is 3. The summed E-state index contributed by atoms with van der Waals surface area (Å²) in [4.78, 5) is 2.57. The Morgan fingerprint density at radius 2 is 2.46 bits per heavy atom. The normalized spacial score (nSPS) is 36.7. The van der Waals surface area contributed by atoms with Gasteiger partial charge in [-0.15, -0.1) is 0 Å². The Labute approximate surface area is 80.4 Å². The molecule has 2 aliphatic heterocycles. The molecule has 2 aliphatic rings. The van der Waals surface area contributed by atoms with Crippen molar-refractivity contribution in [3.05, 3.63) is 0 Å². The predicted octanol–water partition coefficient (Wildman–Crippen LogP) is 0.317. The summed E-state index contributed by atoms with van der Waals surface area (Å²) in [5.74, 6) is 0.797. The minimum atomic E-state index is 0.663. The van der Waals surface area contributed by atoms with Gasteiger partial charge in [-0.1, -0.05) is 0 Å². The summed E-state index contributed by atoms with van der Waals surface area (Å²) >= 11 is 0. The number of nitrogens with one attached hydrogen (secondary N) is 1. The average Bonchev–Trinajstić information content (AvgIpc) is 2.57. The first-order chi connectivity index (χ1) is 6.34. The highest BCUT2D eigenvalue weighted by Gasteiger charge is 2.22. The van der Waals surface area contributed by atoms with Crippen LogP contribution in [0, 0.1) is 5.92 Å². The fourth-order valence-corrected chi connectivity index (χ4v) is 2.27. The van der Waals surface area contributed by atoms with Crippen molar-refractivity contribution in [1.82, 2.24) is 10.2 Å². The van der Waals surface area contributed by atoms with Crippen LogP contribution in [-0.2, 0) is 4.74 Å². The summed E-state index contributed by atoms with van der Waals surface area (Å²) in [7, 11) is 0. The molecule has 76 valence electrons. The zero-order valence-corrected chi connectivity index (χ0v) is 8.46. The van der Waals surface area contributed by atoms with Gasteiger partial charge in [0, 0.05) is 38.8 Å². The molecule has 0 aromatic carbocycles. The Bertz CT molecular complexity index is 157. The molecule has 2 fully saturated rings. The molecular weight excluding hydrogens is 164 g/mol. The lowest BCUT2D eigenvalue weighted by Gasteiger charge is -2.33. The SMILES string of the molecule is CC1CN(CC2CCOC2)CCN1. The van der Waals surface area contributed by atoms with Crippen LogP contribution in [-0.4, -0.2) is 50.3 Å². The Morgan fingerprint density at radius 1 is 1.54 bits per heavy atom. The maximum atomic E-state index is 5.38. The summed E-state index contributed by atoms with van der Waals surface area (Å²) in [5.41, 5.74) is 0. The third kappa shape index (κ3) is 2.66. The van der Waals surface area contributed by atoms with E-state index in [0.29, 0.717) is 6.04 Å². The van der Waals surface area contributed by atoms with E-state index in [1.165, 1.54) is 26.1 Å². The minimum absolute atomic E-state index is 0.663. The van der Waals surface area contributed by atoms with Crippen LogP contribution < -0.4 is 5.32 Å². The average molecular weight is 184 g/mol. The summed E-state index contributed by atoms with van der Waals surface area (Å²) in [6.07, 6.45) is 1.26. The molecule has 0 aliphatic carbocycles. The first kappa shape index (κ1) is 9.44. The fraction of sp³-hybridized carbons (Fsp3) is 1.00. The first-order valence-electron chi connectivity index (χ1n) is 5.38. The van der Waals surface area contributed by atoms with Gasteiger partial charge in [-0.3, -0.25) is 0 Å². The molecule has 2 unspecified atom stereocenters. The standard InChI is InChI=1S/C10H20N2O/c1-9-6-12(4-3-11-9)7-10-2-5-13-8-10/h9-11H,2-8H2,1H3. The van der Waals surface area contributed by atoms with Crippen LogP contribution in [0.2, 0.25) is 0 Å². The van der Waals surface area contributed by atoms with Crippen LogP contribution in [0.25, 0.3) is 0 Å². The van der Waals surface area contributed by atoms with E-state index >= 15 is 0 Å². The molecular formula is C10H20N2O. The van der Waals surface area contributed by atoms with E-state index < -0.39 is 0 Å². The quantitative estimate of drug-likeness (QED) is 0.669. The molecule has 1 N–H and O–H groups in total. The Morgan fingerprint density at radius 3 is 3.15 bits per heavy atom. The number of piperazine rings is 1. The summed E-state index contributed by atoms with van der Waals surface area (Å²) < 4.78 is 5.38. The number of hydrogen-bond donors (Lipinski definition) is 1. The van der Waals surface area contributed by atoms with Crippen molar-refractivity contribution in [1.29, 1.82) is 0 Å². The van der Waals surface area contributed by atoms with Crippen LogP contribution in [0.1, 0.15) is 13.3 Å². The van der Waals surface area contributed by atoms with Crippen molar-refractivity contribution in [2.45, 2.75) is 19.4 Å². The smallest absolute Gasteiger partial charge is 0.0507 e. The molecule has 3 heteroatoms. The van der Waals surface area contributed by atoms with E-state index in [4.69, 9.17) is 4.74 Å². The van der Waals surface area contributed by atoms with E-state index in [9.17, 15) is 0 Å². The van der Waals surface area contributed by atoms with Crippen molar-refractivity contribution in [2.24, 2.45) is 5.92 Å². The Balaban J connectivity index is 1.73. The maximum Gasteiger partial charge on any atom is 0.0507 e. The number of nitrogens with zero attached hydrogens (tertiary/aromatic N) is 1. The highest BCUT2D eigenvalue weighted by molar-refractivity contribution is 4.78. The van der Waals surface area contributed by atoms with Gasteiger partial charge in [0.2, 0.25) is 0 Å². The predicted molar refractivity (Wildman–Crippen MR) is 52.8 cm³/mol. The monoisotopic (exact) mass is 184 g/mol. The van der Waals surface area contributed by atoms with Gasteiger partial charge in [-0.2, -0.15) is 0 Å². The van der Waals surface area contributed by atoms with E-state index in [-0.39, 0.29) is 0 Å². The molecule has 0 aromatic rings. The maximum absolute atomic E-state index is 5.38. The number of ether oxygens (including phenoxy) is 1. The Kier molecular flexibility index (Phi) is 3.19. The fourth-order valence-electron chi connectivity index (χ4n) is 2.27. The molecule has 0 amide bonds. The molecule has 13 heavy (non-hydrogen) atoms. The van der Waals surface area contributed by atoms with Gasteiger partial charge >= 0.3 is 0 Å². The van der Waals surface area contributed by atoms with Gasteiger partial charge in [0.15, 0.2) is 0 Å². The zero-order chi connectivity index (χ0) is 9.10. The third-order valence-electron chi connectivity index (χ3n) is 2.99. The second-order valence-electron chi connectivity index (χ2n) is 4.34. The molecule has 0 radical (unpaired) electrons. The van der Waals surface area contributed by atoms with Crippen molar-refractivity contribution >= 4 is 0 Å². The highest BCUT2D eigenvalue weighted by Crippen LogP contribution is 2.14. The molecule has 3 nitrogen and oxygen atoms in total. The van der Waals surface area contributed by atoms with Crippen molar-refractivity contribution < 1.29 is 4.74 Å². The van der Waals surface area contributed by atoms with Crippen molar-refractivity contribution in [3.63, 3.8) is 0 Å². The van der Waals surface area contributed by atoms with Gasteiger partial charge in [-0.05, 0) is 19.3 Å². The summed E-state index contributed by atoms with van der Waals surface area (Å²) in [6, 6.07) is 0.663. The topological polar surface area (TPSA) is 24.5 Å². The van der Waals surface area contributed by atoms with Crippen LogP contribution in [0.15, 0.2) is 0 Å². The lowest BCUT2D eigenvalue weighted by Crippen LogP contribution is -2.50. The molecule has 0 bridgehead atoms. The molecule has 2 heterocycles. The van der Waals surface area contributed by atoms with Crippen LogP contribution >= 0.6 is 0 Å². The van der Waals surface area contributed by atoms with Crippen molar-refractivity contribution in [2.75, 3.05) is 39.4 Å². The van der Waals surface area contributed by atoms with E-state index in [0.717, 1.165) is 25.7 Å². The molecule has 0 saturated carbocycles. The second-order valence-corrected chi connectivity index (χ2v) is 4.34. The van der Waals surface area contributed by atoms with Gasteiger partial charge in [0.05, 0.1) is 6.61 Å². The Hall–Kier alpha value is -0.120. The van der Waals surface area contributed by atoms with E-state index in [1.54, 1.807) is 0 Å². The summed E-state index contributed by atoms with van der Waals surface area (Å²) in [5, 5.41) is 3.46. The largest absolute Gasteiger partial charge is 0.381 e. The van der Waals surface area contributed by atoms with Crippen LogP contribution in [0.4, 0.5) is 0 Å². The summed E-state index contributed by atoms with van der Waals surface area (Å²) in [6.45, 7) is 9.03. The van der Waals surface area contributed by atoms with Crippen LogP contribution in [0.3, 0.4) is 0 Å². The number of rotatable bonds is 2. The second kappa shape index (κ2) is 4.40. The third-order valence-corrected chi connectivity index (χ3v) is 2.99. The lowest BCUT2D eigenvalue weighted by atomic mass is 10.1. The van der Waals surface area contributed by atoms with E-state index in [1.807, 2.05) is 0 Å². The lowest BCUT2D eigenvalue weighted by molar-refractivity contribution is 0.150.